The van der Waals surface area contributed by atoms with Crippen LogP contribution in [0.15, 0.2) is 46.3 Å². The van der Waals surface area contributed by atoms with Gasteiger partial charge in [0.2, 0.25) is 17.6 Å². The lowest BCUT2D eigenvalue weighted by molar-refractivity contribution is -0.119. The number of hydrogen-bond donors (Lipinski definition) is 0. The molecule has 0 aliphatic carbocycles. The second-order valence-corrected chi connectivity index (χ2v) is 9.72. The Kier molecular flexibility index (Phi) is 7.01. The Morgan fingerprint density at radius 3 is 2.59 bits per heavy atom. The van der Waals surface area contributed by atoms with Crippen LogP contribution in [0, 0.1) is 0 Å². The van der Waals surface area contributed by atoms with Crippen LogP contribution in [0.1, 0.15) is 41.9 Å². The zero-order valence-electron chi connectivity index (χ0n) is 19.2. The molecule has 9 heteroatoms. The van der Waals surface area contributed by atoms with Gasteiger partial charge < -0.3 is 14.3 Å². The van der Waals surface area contributed by atoms with Crippen molar-refractivity contribution in [3.8, 4) is 10.7 Å². The highest BCUT2D eigenvalue weighted by Crippen LogP contribution is 2.23. The van der Waals surface area contributed by atoms with Crippen molar-refractivity contribution in [1.82, 2.24) is 19.9 Å². The molecule has 0 saturated carbocycles. The molecule has 0 unspecified atom stereocenters. The van der Waals surface area contributed by atoms with E-state index in [2.05, 4.69) is 15.0 Å². The molecule has 1 aromatic carbocycles. The molecule has 3 aromatic rings. The quantitative estimate of drug-likeness (QED) is 0.514. The highest BCUT2D eigenvalue weighted by Gasteiger charge is 2.23. The van der Waals surface area contributed by atoms with E-state index >= 15 is 0 Å². The predicted molar refractivity (Wildman–Crippen MR) is 131 cm³/mol. The highest BCUT2D eigenvalue weighted by atomic mass is 32.1. The van der Waals surface area contributed by atoms with E-state index in [1.807, 2.05) is 51.6 Å². The van der Waals surface area contributed by atoms with Gasteiger partial charge in [-0.05, 0) is 61.5 Å². The molecule has 4 heterocycles. The number of nitrogens with zero attached hydrogens (tertiary/aromatic N) is 5. The molecular weight excluding hydrogens is 450 g/mol. The summed E-state index contributed by atoms with van der Waals surface area (Å²) in [6.45, 7) is 4.85. The van der Waals surface area contributed by atoms with Gasteiger partial charge in [-0.15, -0.1) is 11.3 Å². The number of hydrogen-bond acceptors (Lipinski definition) is 7. The van der Waals surface area contributed by atoms with Crippen LogP contribution in [0.25, 0.3) is 10.7 Å². The Morgan fingerprint density at radius 2 is 1.85 bits per heavy atom. The Hall–Kier alpha value is -3.04. The smallest absolute Gasteiger partial charge is 0.253 e. The van der Waals surface area contributed by atoms with Crippen LogP contribution in [0.3, 0.4) is 0 Å². The maximum absolute atomic E-state index is 13.0. The number of carbonyl (C=O) groups excluding carboxylic acids is 2. The summed E-state index contributed by atoms with van der Waals surface area (Å²) in [5.41, 5.74) is 1.56. The minimum absolute atomic E-state index is 0.0585. The number of thiophene rings is 1. The average Bonchev–Trinajstić information content (AvgIpc) is 3.57. The Labute approximate surface area is 203 Å². The van der Waals surface area contributed by atoms with Crippen LogP contribution in [0.4, 0.5) is 5.69 Å². The molecule has 34 heavy (non-hydrogen) atoms. The predicted octanol–water partition coefficient (Wildman–Crippen LogP) is 3.71. The lowest BCUT2D eigenvalue weighted by Crippen LogP contribution is -2.48. The van der Waals surface area contributed by atoms with E-state index in [-0.39, 0.29) is 11.8 Å². The summed E-state index contributed by atoms with van der Waals surface area (Å²) in [4.78, 5) is 36.7. The van der Waals surface area contributed by atoms with Crippen molar-refractivity contribution in [2.75, 3.05) is 44.2 Å². The van der Waals surface area contributed by atoms with Crippen LogP contribution in [-0.2, 0) is 11.2 Å². The standard InChI is InChI=1S/C25H29N5O3S/c31-23-7-1-2-13-30(23)20-10-8-19(9-11-20)25(32)29-16-14-28(15-17-29)12-3-6-22-26-24(27-33-22)21-5-4-18-34-21/h4-5,8-11,18H,1-3,6-7,12-17H2. The summed E-state index contributed by atoms with van der Waals surface area (Å²) < 4.78 is 5.38. The number of carbonyl (C=O) groups is 2. The molecule has 8 nitrogen and oxygen atoms in total. The highest BCUT2D eigenvalue weighted by molar-refractivity contribution is 7.13. The Balaban J connectivity index is 1.06. The number of aromatic nitrogens is 2. The molecule has 2 amide bonds. The summed E-state index contributed by atoms with van der Waals surface area (Å²) in [6, 6.07) is 11.5. The number of amides is 2. The fourth-order valence-electron chi connectivity index (χ4n) is 4.54. The van der Waals surface area contributed by atoms with Gasteiger partial charge in [-0.1, -0.05) is 11.2 Å². The summed E-state index contributed by atoms with van der Waals surface area (Å²) in [5.74, 6) is 1.56. The van der Waals surface area contributed by atoms with Crippen LogP contribution in [-0.4, -0.2) is 71.0 Å². The van der Waals surface area contributed by atoms with E-state index in [0.29, 0.717) is 36.8 Å². The first-order valence-electron chi connectivity index (χ1n) is 12.0. The van der Waals surface area contributed by atoms with E-state index in [9.17, 15) is 9.59 Å². The summed E-state index contributed by atoms with van der Waals surface area (Å²) >= 11 is 1.60. The topological polar surface area (TPSA) is 82.8 Å². The second-order valence-electron chi connectivity index (χ2n) is 8.78. The molecule has 2 aliphatic rings. The van der Waals surface area contributed by atoms with Crippen molar-refractivity contribution < 1.29 is 14.1 Å². The third kappa shape index (κ3) is 5.20. The molecule has 0 bridgehead atoms. The minimum Gasteiger partial charge on any atom is -0.339 e. The van der Waals surface area contributed by atoms with Crippen molar-refractivity contribution in [3.63, 3.8) is 0 Å². The lowest BCUT2D eigenvalue weighted by atomic mass is 10.1. The molecule has 2 saturated heterocycles. The molecule has 2 fully saturated rings. The van der Waals surface area contributed by atoms with Crippen molar-refractivity contribution >= 4 is 28.8 Å². The normalized spacial score (nSPS) is 17.4. The van der Waals surface area contributed by atoms with E-state index in [4.69, 9.17) is 4.52 Å². The molecule has 2 aromatic heterocycles. The van der Waals surface area contributed by atoms with Gasteiger partial charge in [0.05, 0.1) is 4.88 Å². The van der Waals surface area contributed by atoms with Crippen LogP contribution in [0.5, 0.6) is 0 Å². The molecule has 0 atom stereocenters. The third-order valence-electron chi connectivity index (χ3n) is 6.48. The number of piperazine rings is 1. The molecule has 2 aliphatic heterocycles. The van der Waals surface area contributed by atoms with Crippen LogP contribution < -0.4 is 4.90 Å². The number of anilines is 1. The van der Waals surface area contributed by atoms with Gasteiger partial charge in [0.1, 0.15) is 0 Å². The molecular formula is C25H29N5O3S. The maximum atomic E-state index is 13.0. The molecule has 0 radical (unpaired) electrons. The molecule has 178 valence electrons. The largest absolute Gasteiger partial charge is 0.339 e. The first-order valence-corrected chi connectivity index (χ1v) is 12.8. The Morgan fingerprint density at radius 1 is 1.03 bits per heavy atom. The van der Waals surface area contributed by atoms with E-state index < -0.39 is 0 Å². The van der Waals surface area contributed by atoms with Crippen molar-refractivity contribution in [1.29, 1.82) is 0 Å². The third-order valence-corrected chi connectivity index (χ3v) is 7.35. The van der Waals surface area contributed by atoms with E-state index in [1.54, 1.807) is 11.3 Å². The van der Waals surface area contributed by atoms with Gasteiger partial charge in [-0.3, -0.25) is 14.5 Å². The second kappa shape index (κ2) is 10.5. The molecule has 0 spiro atoms. The minimum atomic E-state index is 0.0585. The van der Waals surface area contributed by atoms with Crippen molar-refractivity contribution in [2.45, 2.75) is 32.1 Å². The molecule has 0 N–H and O–H groups in total. The fraction of sp³-hybridized carbons (Fsp3) is 0.440. The number of rotatable bonds is 7. The van der Waals surface area contributed by atoms with Gasteiger partial charge >= 0.3 is 0 Å². The summed E-state index contributed by atoms with van der Waals surface area (Å²) in [7, 11) is 0. The van der Waals surface area contributed by atoms with E-state index in [1.165, 1.54) is 0 Å². The van der Waals surface area contributed by atoms with Crippen molar-refractivity contribution in [3.05, 3.63) is 53.2 Å². The number of aryl methyl sites for hydroxylation is 1. The lowest BCUT2D eigenvalue weighted by Gasteiger charge is -2.34. The Bertz CT molecular complexity index is 1100. The zero-order chi connectivity index (χ0) is 23.3. The summed E-state index contributed by atoms with van der Waals surface area (Å²) in [6.07, 6.45) is 4.29. The van der Waals surface area contributed by atoms with Crippen molar-refractivity contribution in [2.24, 2.45) is 0 Å². The number of benzene rings is 1. The van der Waals surface area contributed by atoms with E-state index in [0.717, 1.165) is 62.4 Å². The van der Waals surface area contributed by atoms with Gasteiger partial charge in [0.15, 0.2) is 0 Å². The summed E-state index contributed by atoms with van der Waals surface area (Å²) in [5, 5.41) is 6.07. The van der Waals surface area contributed by atoms with Gasteiger partial charge in [0, 0.05) is 56.8 Å². The van der Waals surface area contributed by atoms with Crippen LogP contribution in [0.2, 0.25) is 0 Å². The number of piperidine rings is 1. The first kappa shape index (κ1) is 22.7. The maximum Gasteiger partial charge on any atom is 0.253 e. The van der Waals surface area contributed by atoms with Crippen LogP contribution >= 0.6 is 11.3 Å². The SMILES string of the molecule is O=C(c1ccc(N2CCCCC2=O)cc1)N1CCN(CCCc2nc(-c3cccs3)no2)CC1. The van der Waals surface area contributed by atoms with Gasteiger partial charge in [-0.2, -0.15) is 4.98 Å². The monoisotopic (exact) mass is 479 g/mol. The first-order chi connectivity index (χ1) is 16.7. The zero-order valence-corrected chi connectivity index (χ0v) is 20.0. The average molecular weight is 480 g/mol. The van der Waals surface area contributed by atoms with Gasteiger partial charge in [-0.25, -0.2) is 0 Å². The van der Waals surface area contributed by atoms with Gasteiger partial charge in [0.25, 0.3) is 5.91 Å². The fourth-order valence-corrected chi connectivity index (χ4v) is 5.19. The molecule has 5 rings (SSSR count).